The number of amides is 1. The monoisotopic (exact) mass is 472 g/mol. The van der Waals surface area contributed by atoms with Crippen LogP contribution in [-0.4, -0.2) is 46.5 Å². The van der Waals surface area contributed by atoms with E-state index in [4.69, 9.17) is 9.47 Å². The number of carbonyl (C=O) groups is 1. The molecule has 0 saturated carbocycles. The molecule has 1 aliphatic heterocycles. The first kappa shape index (κ1) is 23.9. The van der Waals surface area contributed by atoms with Gasteiger partial charge in [-0.25, -0.2) is 13.1 Å². The number of ether oxygens (including phenoxy) is 2. The number of hydrogen-bond acceptors (Lipinski definition) is 5. The Labute approximate surface area is 184 Å². The van der Waals surface area contributed by atoms with Crippen LogP contribution in [0.5, 0.6) is 11.5 Å². The van der Waals surface area contributed by atoms with Gasteiger partial charge in [0.2, 0.25) is 15.9 Å². The quantitative estimate of drug-likeness (QED) is 0.668. The third kappa shape index (κ3) is 5.16. The lowest BCUT2D eigenvalue weighted by Crippen LogP contribution is -2.39. The van der Waals surface area contributed by atoms with Crippen molar-refractivity contribution in [2.45, 2.75) is 30.0 Å². The van der Waals surface area contributed by atoms with Gasteiger partial charge in [-0.1, -0.05) is 6.07 Å². The summed E-state index contributed by atoms with van der Waals surface area (Å²) in [5.74, 6) is 0.648. The molecular formula is C21H23F3N2O5S. The molecule has 0 radical (unpaired) electrons. The molecule has 1 aliphatic rings. The molecule has 1 saturated heterocycles. The Hall–Kier alpha value is -2.79. The van der Waals surface area contributed by atoms with Crippen molar-refractivity contribution >= 4 is 15.9 Å². The summed E-state index contributed by atoms with van der Waals surface area (Å²) in [5, 5.41) is 0. The van der Waals surface area contributed by atoms with Crippen LogP contribution in [0.4, 0.5) is 13.2 Å². The topological polar surface area (TPSA) is 84.9 Å². The average molecular weight is 472 g/mol. The van der Waals surface area contributed by atoms with Crippen LogP contribution in [0, 0.1) is 0 Å². The summed E-state index contributed by atoms with van der Waals surface area (Å²) >= 11 is 0. The summed E-state index contributed by atoms with van der Waals surface area (Å²) in [6.45, 7) is -0.155. The van der Waals surface area contributed by atoms with Gasteiger partial charge in [-0.3, -0.25) is 4.79 Å². The molecule has 0 bridgehead atoms. The maximum atomic E-state index is 12.9. The second-order valence-corrected chi connectivity index (χ2v) is 8.97. The van der Waals surface area contributed by atoms with E-state index in [1.54, 1.807) is 23.1 Å². The number of nitrogens with one attached hydrogen (secondary N) is 1. The van der Waals surface area contributed by atoms with Crippen LogP contribution in [0.2, 0.25) is 0 Å². The predicted octanol–water partition coefficient (Wildman–Crippen LogP) is 3.36. The van der Waals surface area contributed by atoms with Crippen molar-refractivity contribution in [3.63, 3.8) is 0 Å². The Morgan fingerprint density at radius 1 is 1.16 bits per heavy atom. The molecule has 174 valence electrons. The molecule has 0 aromatic heterocycles. The summed E-state index contributed by atoms with van der Waals surface area (Å²) in [6, 6.07) is 8.29. The Morgan fingerprint density at radius 3 is 2.56 bits per heavy atom. The highest BCUT2D eigenvalue weighted by molar-refractivity contribution is 7.89. The van der Waals surface area contributed by atoms with Gasteiger partial charge in [-0.15, -0.1) is 0 Å². The predicted molar refractivity (Wildman–Crippen MR) is 110 cm³/mol. The van der Waals surface area contributed by atoms with E-state index in [1.807, 2.05) is 0 Å². The molecule has 1 atom stereocenters. The fraction of sp³-hybridized carbons (Fsp3) is 0.381. The van der Waals surface area contributed by atoms with Crippen LogP contribution >= 0.6 is 0 Å². The number of sulfonamides is 1. The molecule has 1 amide bonds. The minimum Gasteiger partial charge on any atom is -0.497 e. The molecule has 2 aromatic carbocycles. The summed E-state index contributed by atoms with van der Waals surface area (Å²) in [7, 11) is -1.28. The first-order valence-corrected chi connectivity index (χ1v) is 11.2. The molecule has 2 aromatic rings. The Kier molecular flexibility index (Phi) is 6.99. The molecular weight excluding hydrogens is 449 g/mol. The molecule has 7 nitrogen and oxygen atoms in total. The van der Waals surface area contributed by atoms with E-state index in [-0.39, 0.29) is 6.04 Å². The molecule has 3 rings (SSSR count). The Balaban J connectivity index is 1.74. The lowest BCUT2D eigenvalue weighted by Gasteiger charge is -2.26. The molecule has 1 N–H and O–H groups in total. The maximum Gasteiger partial charge on any atom is 0.416 e. The van der Waals surface area contributed by atoms with Crippen molar-refractivity contribution in [3.8, 4) is 11.5 Å². The smallest absolute Gasteiger partial charge is 0.416 e. The first-order chi connectivity index (χ1) is 15.1. The van der Waals surface area contributed by atoms with Crippen molar-refractivity contribution in [1.82, 2.24) is 9.62 Å². The number of likely N-dealkylation sites (tertiary alicyclic amines) is 1. The number of alkyl halides is 3. The molecule has 1 unspecified atom stereocenters. The van der Waals surface area contributed by atoms with E-state index in [0.29, 0.717) is 37.0 Å². The molecule has 0 aliphatic carbocycles. The van der Waals surface area contributed by atoms with E-state index in [0.717, 1.165) is 23.8 Å². The largest absolute Gasteiger partial charge is 0.497 e. The second kappa shape index (κ2) is 9.37. The Bertz CT molecular complexity index is 1090. The third-order valence-electron chi connectivity index (χ3n) is 5.26. The zero-order valence-corrected chi connectivity index (χ0v) is 18.3. The minimum atomic E-state index is -4.68. The SMILES string of the molecule is COc1ccc(C2CCCN2C(=O)CNS(=O)(=O)c2cccc(C(F)(F)F)c2)c(OC)c1. The number of methoxy groups -OCH3 is 2. The van der Waals surface area contributed by atoms with Crippen molar-refractivity contribution in [1.29, 1.82) is 0 Å². The van der Waals surface area contributed by atoms with Crippen molar-refractivity contribution in [2.24, 2.45) is 0 Å². The standard InChI is InChI=1S/C21H23F3N2O5S/c1-30-15-8-9-17(19(12-15)31-2)18-7-4-10-26(18)20(27)13-25-32(28,29)16-6-3-5-14(11-16)21(22,23)24/h3,5-6,8-9,11-12,18,25H,4,7,10,13H2,1-2H3. The van der Waals surface area contributed by atoms with Crippen molar-refractivity contribution in [2.75, 3.05) is 27.3 Å². The van der Waals surface area contributed by atoms with Gasteiger partial charge in [0.15, 0.2) is 0 Å². The van der Waals surface area contributed by atoms with Gasteiger partial charge < -0.3 is 14.4 Å². The van der Waals surface area contributed by atoms with Crippen LogP contribution in [0.15, 0.2) is 47.4 Å². The average Bonchev–Trinajstić information content (AvgIpc) is 3.26. The number of hydrogen-bond donors (Lipinski definition) is 1. The summed E-state index contributed by atoms with van der Waals surface area (Å²) in [5.41, 5.74) is -0.321. The van der Waals surface area contributed by atoms with E-state index >= 15 is 0 Å². The first-order valence-electron chi connectivity index (χ1n) is 9.75. The van der Waals surface area contributed by atoms with Crippen molar-refractivity contribution in [3.05, 3.63) is 53.6 Å². The molecule has 1 fully saturated rings. The molecule has 0 spiro atoms. The minimum absolute atomic E-state index is 0.318. The summed E-state index contributed by atoms with van der Waals surface area (Å²) in [6.07, 6.45) is -3.30. The van der Waals surface area contributed by atoms with Gasteiger partial charge in [0.05, 0.1) is 37.3 Å². The summed E-state index contributed by atoms with van der Waals surface area (Å²) < 4.78 is 76.3. The lowest BCUT2D eigenvalue weighted by molar-refractivity contribution is -0.137. The number of nitrogens with zero attached hydrogens (tertiary/aromatic N) is 1. The van der Waals surface area contributed by atoms with Crippen LogP contribution in [0.1, 0.15) is 30.0 Å². The van der Waals surface area contributed by atoms with Gasteiger partial charge >= 0.3 is 6.18 Å². The van der Waals surface area contributed by atoms with Gasteiger partial charge in [-0.2, -0.15) is 13.2 Å². The number of carbonyl (C=O) groups excluding carboxylic acids is 1. The van der Waals surface area contributed by atoms with E-state index in [1.165, 1.54) is 14.2 Å². The third-order valence-corrected chi connectivity index (χ3v) is 6.66. The maximum absolute atomic E-state index is 12.9. The van der Waals surface area contributed by atoms with Gasteiger partial charge in [0.1, 0.15) is 11.5 Å². The Morgan fingerprint density at radius 2 is 1.91 bits per heavy atom. The highest BCUT2D eigenvalue weighted by atomic mass is 32.2. The second-order valence-electron chi connectivity index (χ2n) is 7.20. The zero-order valence-electron chi connectivity index (χ0n) is 17.5. The molecule has 32 heavy (non-hydrogen) atoms. The van der Waals surface area contributed by atoms with E-state index < -0.39 is 39.1 Å². The van der Waals surface area contributed by atoms with Gasteiger partial charge in [-0.05, 0) is 43.2 Å². The number of rotatable bonds is 7. The fourth-order valence-corrected chi connectivity index (χ4v) is 4.68. The van der Waals surface area contributed by atoms with Crippen LogP contribution < -0.4 is 14.2 Å². The highest BCUT2D eigenvalue weighted by Crippen LogP contribution is 2.38. The number of halogens is 3. The van der Waals surface area contributed by atoms with Gasteiger partial charge in [0, 0.05) is 18.2 Å². The van der Waals surface area contributed by atoms with Gasteiger partial charge in [0.25, 0.3) is 0 Å². The number of benzene rings is 2. The lowest BCUT2D eigenvalue weighted by atomic mass is 10.0. The van der Waals surface area contributed by atoms with E-state index in [2.05, 4.69) is 4.72 Å². The van der Waals surface area contributed by atoms with Crippen LogP contribution in [-0.2, 0) is 21.0 Å². The normalized spacial score (nSPS) is 16.8. The van der Waals surface area contributed by atoms with Crippen LogP contribution in [0.25, 0.3) is 0 Å². The van der Waals surface area contributed by atoms with Crippen LogP contribution in [0.3, 0.4) is 0 Å². The highest BCUT2D eigenvalue weighted by Gasteiger charge is 2.34. The fourth-order valence-electron chi connectivity index (χ4n) is 3.66. The van der Waals surface area contributed by atoms with E-state index in [9.17, 15) is 26.4 Å². The summed E-state index contributed by atoms with van der Waals surface area (Å²) in [4.78, 5) is 13.8. The van der Waals surface area contributed by atoms with Crippen molar-refractivity contribution < 1.29 is 35.9 Å². The molecule has 1 heterocycles. The molecule has 11 heteroatoms. The zero-order chi connectivity index (χ0) is 23.5.